The molecule has 1 heterocycles. The van der Waals surface area contributed by atoms with Crippen LogP contribution in [0.1, 0.15) is 24.8 Å². The van der Waals surface area contributed by atoms with Gasteiger partial charge in [0.05, 0.1) is 36.7 Å². The maximum absolute atomic E-state index is 12.9. The molecule has 1 saturated heterocycles. The average molecular weight is 344 g/mol. The van der Waals surface area contributed by atoms with Crippen molar-refractivity contribution in [1.29, 1.82) is 0 Å². The molecule has 24 heavy (non-hydrogen) atoms. The molecular formula is C16H19F3N2O3. The minimum atomic E-state index is -4.52. The van der Waals surface area contributed by atoms with Gasteiger partial charge in [-0.15, -0.1) is 0 Å². The van der Waals surface area contributed by atoms with Crippen LogP contribution < -0.4 is 10.6 Å². The molecule has 132 valence electrons. The van der Waals surface area contributed by atoms with Crippen molar-refractivity contribution < 1.29 is 27.4 Å². The van der Waals surface area contributed by atoms with Crippen LogP contribution in [-0.4, -0.2) is 37.5 Å². The fourth-order valence-electron chi connectivity index (χ4n) is 3.18. The average Bonchev–Trinajstić information content (AvgIpc) is 2.54. The molecule has 1 aliphatic heterocycles. The van der Waals surface area contributed by atoms with Gasteiger partial charge < -0.3 is 20.1 Å². The largest absolute Gasteiger partial charge is 0.418 e. The first-order valence-corrected chi connectivity index (χ1v) is 7.90. The molecule has 1 aromatic carbocycles. The van der Waals surface area contributed by atoms with E-state index in [0.717, 1.165) is 12.5 Å². The summed E-state index contributed by atoms with van der Waals surface area (Å²) in [5, 5.41) is 5.02. The zero-order chi connectivity index (χ0) is 17.2. The number of carbonyl (C=O) groups is 1. The number of hydrogen-bond acceptors (Lipinski definition) is 3. The first kappa shape index (κ1) is 17.0. The van der Waals surface area contributed by atoms with Gasteiger partial charge in [-0.2, -0.15) is 13.2 Å². The highest BCUT2D eigenvalue weighted by molar-refractivity contribution is 5.90. The van der Waals surface area contributed by atoms with E-state index in [9.17, 15) is 18.0 Å². The van der Waals surface area contributed by atoms with Crippen LogP contribution in [0.2, 0.25) is 0 Å². The molecule has 3 atom stereocenters. The first-order chi connectivity index (χ1) is 11.4. The third kappa shape index (κ3) is 3.99. The summed E-state index contributed by atoms with van der Waals surface area (Å²) in [5.74, 6) is 0. The van der Waals surface area contributed by atoms with E-state index < -0.39 is 17.8 Å². The monoisotopic (exact) mass is 344 g/mol. The third-order valence-corrected chi connectivity index (χ3v) is 4.29. The lowest BCUT2D eigenvalue weighted by atomic mass is 9.90. The highest BCUT2D eigenvalue weighted by Gasteiger charge is 2.36. The van der Waals surface area contributed by atoms with E-state index in [-0.39, 0.29) is 23.9 Å². The van der Waals surface area contributed by atoms with Gasteiger partial charge in [0.2, 0.25) is 0 Å². The quantitative estimate of drug-likeness (QED) is 0.866. The van der Waals surface area contributed by atoms with E-state index in [4.69, 9.17) is 9.47 Å². The number of anilines is 1. The Kier molecular flexibility index (Phi) is 4.96. The molecule has 5 nitrogen and oxygen atoms in total. The Bertz CT molecular complexity index is 594. The Balaban J connectivity index is 1.58. The molecule has 0 radical (unpaired) electrons. The molecule has 1 aromatic rings. The number of alkyl halides is 3. The summed E-state index contributed by atoms with van der Waals surface area (Å²) >= 11 is 0. The minimum absolute atomic E-state index is 0.0471. The molecule has 2 fully saturated rings. The molecule has 0 aromatic heterocycles. The van der Waals surface area contributed by atoms with Gasteiger partial charge in [0.1, 0.15) is 0 Å². The van der Waals surface area contributed by atoms with Gasteiger partial charge in [0, 0.05) is 6.04 Å². The fourth-order valence-corrected chi connectivity index (χ4v) is 3.18. The van der Waals surface area contributed by atoms with Gasteiger partial charge in [-0.3, -0.25) is 0 Å². The summed E-state index contributed by atoms with van der Waals surface area (Å²) < 4.78 is 50.1. The van der Waals surface area contributed by atoms with E-state index in [0.29, 0.717) is 26.1 Å². The summed E-state index contributed by atoms with van der Waals surface area (Å²) in [7, 11) is 0. The number of carbonyl (C=O) groups excluding carboxylic acids is 1. The smallest absolute Gasteiger partial charge is 0.373 e. The van der Waals surface area contributed by atoms with Crippen LogP contribution in [0.5, 0.6) is 0 Å². The van der Waals surface area contributed by atoms with Crippen molar-refractivity contribution in [3.05, 3.63) is 29.8 Å². The van der Waals surface area contributed by atoms with Gasteiger partial charge in [0.15, 0.2) is 0 Å². The number of rotatable bonds is 2. The molecule has 1 aliphatic carbocycles. The van der Waals surface area contributed by atoms with Crippen molar-refractivity contribution >= 4 is 11.7 Å². The third-order valence-electron chi connectivity index (χ3n) is 4.29. The van der Waals surface area contributed by atoms with Crippen LogP contribution in [0.4, 0.5) is 23.7 Å². The molecule has 1 saturated carbocycles. The van der Waals surface area contributed by atoms with Crippen LogP contribution in [0.15, 0.2) is 24.3 Å². The lowest BCUT2D eigenvalue weighted by molar-refractivity contribution is -0.157. The van der Waals surface area contributed by atoms with Crippen molar-refractivity contribution in [2.75, 3.05) is 18.5 Å². The van der Waals surface area contributed by atoms with Crippen molar-refractivity contribution in [2.24, 2.45) is 0 Å². The van der Waals surface area contributed by atoms with E-state index >= 15 is 0 Å². The van der Waals surface area contributed by atoms with Gasteiger partial charge in [-0.25, -0.2) is 4.79 Å². The van der Waals surface area contributed by atoms with E-state index in [1.54, 1.807) is 0 Å². The molecule has 2 N–H and O–H groups in total. The van der Waals surface area contributed by atoms with Crippen molar-refractivity contribution in [3.63, 3.8) is 0 Å². The van der Waals surface area contributed by atoms with Crippen LogP contribution in [-0.2, 0) is 15.7 Å². The van der Waals surface area contributed by atoms with Crippen molar-refractivity contribution in [2.45, 2.75) is 43.7 Å². The number of nitrogens with one attached hydrogen (secondary N) is 2. The van der Waals surface area contributed by atoms with Crippen molar-refractivity contribution in [1.82, 2.24) is 5.32 Å². The molecule has 3 rings (SSSR count). The Labute approximate surface area is 137 Å². The molecule has 2 aliphatic rings. The van der Waals surface area contributed by atoms with Crippen LogP contribution in [0.25, 0.3) is 0 Å². The molecule has 0 bridgehead atoms. The second-order valence-electron chi connectivity index (χ2n) is 5.97. The number of hydrogen-bond donors (Lipinski definition) is 2. The number of ether oxygens (including phenoxy) is 2. The van der Waals surface area contributed by atoms with Gasteiger partial charge in [0.25, 0.3) is 0 Å². The van der Waals surface area contributed by atoms with Crippen LogP contribution in [0, 0.1) is 0 Å². The Morgan fingerprint density at radius 3 is 2.54 bits per heavy atom. The maximum Gasteiger partial charge on any atom is 0.418 e. The molecular weight excluding hydrogens is 325 g/mol. The van der Waals surface area contributed by atoms with Crippen molar-refractivity contribution in [3.8, 4) is 0 Å². The number of fused-ring (bicyclic) bond motifs is 1. The first-order valence-electron chi connectivity index (χ1n) is 7.90. The van der Waals surface area contributed by atoms with Gasteiger partial charge in [-0.05, 0) is 31.4 Å². The van der Waals surface area contributed by atoms with Gasteiger partial charge in [-0.1, -0.05) is 12.1 Å². The Hall–Kier alpha value is -1.80. The predicted molar refractivity (Wildman–Crippen MR) is 80.7 cm³/mol. The number of para-hydroxylation sites is 1. The Morgan fingerprint density at radius 1 is 1.08 bits per heavy atom. The van der Waals surface area contributed by atoms with Crippen LogP contribution >= 0.6 is 0 Å². The summed E-state index contributed by atoms with van der Waals surface area (Å²) in [6, 6.07) is 4.11. The van der Waals surface area contributed by atoms with E-state index in [2.05, 4.69) is 10.6 Å². The number of amides is 2. The number of halogens is 3. The lowest BCUT2D eigenvalue weighted by Crippen LogP contribution is -2.50. The van der Waals surface area contributed by atoms with E-state index in [1.165, 1.54) is 18.2 Å². The normalized spacial score (nSPS) is 27.2. The summed E-state index contributed by atoms with van der Waals surface area (Å²) in [4.78, 5) is 12.1. The topological polar surface area (TPSA) is 59.6 Å². The minimum Gasteiger partial charge on any atom is -0.373 e. The highest BCUT2D eigenvalue weighted by atomic mass is 19.4. The summed E-state index contributed by atoms with van der Waals surface area (Å²) in [6.45, 7) is 1.10. The lowest BCUT2D eigenvalue weighted by Gasteiger charge is -2.39. The zero-order valence-corrected chi connectivity index (χ0v) is 12.9. The summed E-state index contributed by atoms with van der Waals surface area (Å²) in [6.07, 6.45) is -2.48. The predicted octanol–water partition coefficient (Wildman–Crippen LogP) is 3.16. The SMILES string of the molecule is O=C(Nc1ccccc1C(F)(F)F)NC1CCC2OCCOC2C1. The number of benzene rings is 1. The van der Waals surface area contributed by atoms with Crippen LogP contribution in [0.3, 0.4) is 0 Å². The molecule has 2 amide bonds. The molecule has 8 heteroatoms. The highest BCUT2D eigenvalue weighted by Crippen LogP contribution is 2.34. The fraction of sp³-hybridized carbons (Fsp3) is 0.562. The van der Waals surface area contributed by atoms with Gasteiger partial charge >= 0.3 is 12.2 Å². The standard InChI is InChI=1S/C16H19F3N2O3/c17-16(18,19)11-3-1-2-4-12(11)21-15(22)20-10-5-6-13-14(9-10)24-8-7-23-13/h1-4,10,13-14H,5-9H2,(H2,20,21,22). The Morgan fingerprint density at radius 2 is 1.79 bits per heavy atom. The van der Waals surface area contributed by atoms with E-state index in [1.807, 2.05) is 0 Å². The maximum atomic E-state index is 12.9. The second-order valence-corrected chi connectivity index (χ2v) is 5.97. The number of urea groups is 1. The zero-order valence-electron chi connectivity index (χ0n) is 12.9. The molecule has 3 unspecified atom stereocenters. The second kappa shape index (κ2) is 6.98. The molecule has 0 spiro atoms. The summed E-state index contributed by atoms with van der Waals surface area (Å²) in [5.41, 5.74) is -1.12.